The molecule has 0 aliphatic carbocycles. The van der Waals surface area contributed by atoms with E-state index in [4.69, 9.17) is 9.47 Å². The topological polar surface area (TPSA) is 67.9 Å². The molecule has 1 N–H and O–H groups in total. The molecule has 2 rings (SSSR count). The highest BCUT2D eigenvalue weighted by Crippen LogP contribution is 2.37. The highest BCUT2D eigenvalue weighted by Gasteiger charge is 2.31. The number of benzene rings is 1. The number of hydrogen-bond acceptors (Lipinski definition) is 5. The lowest BCUT2D eigenvalue weighted by Gasteiger charge is -2.31. The summed E-state index contributed by atoms with van der Waals surface area (Å²) in [6.45, 7) is 1.02. The van der Waals surface area contributed by atoms with Gasteiger partial charge in [0.05, 0.1) is 14.2 Å². The molecule has 124 valence electrons. The van der Waals surface area contributed by atoms with Crippen molar-refractivity contribution < 1.29 is 17.9 Å². The normalized spacial score (nSPS) is 17.5. The van der Waals surface area contributed by atoms with E-state index in [1.165, 1.54) is 24.6 Å². The third-order valence-corrected chi connectivity index (χ3v) is 6.78. The van der Waals surface area contributed by atoms with Gasteiger partial charge in [-0.2, -0.15) is 4.31 Å². The molecule has 0 saturated carbocycles. The molecule has 6 nitrogen and oxygen atoms in total. The number of rotatable bonds is 5. The molecule has 1 fully saturated rings. The van der Waals surface area contributed by atoms with Crippen LogP contribution in [0.4, 0.5) is 0 Å². The third-order valence-electron chi connectivity index (χ3n) is 3.92. The Balaban J connectivity index is 2.34. The SMILES string of the molecule is CNC1CCN(S(=O)(=O)c2cc(OC)c(OC)cc2Br)CC1. The van der Waals surface area contributed by atoms with Crippen LogP contribution in [0.2, 0.25) is 0 Å². The van der Waals surface area contributed by atoms with Crippen LogP contribution in [0.15, 0.2) is 21.5 Å². The zero-order chi connectivity index (χ0) is 16.3. The molecule has 1 aliphatic rings. The number of nitrogens with zero attached hydrogens (tertiary/aromatic N) is 1. The summed E-state index contributed by atoms with van der Waals surface area (Å²) in [7, 11) is 1.35. The Morgan fingerprint density at radius 3 is 2.23 bits per heavy atom. The van der Waals surface area contributed by atoms with Crippen molar-refractivity contribution in [1.29, 1.82) is 0 Å². The molecule has 0 amide bonds. The molecular weight excluding hydrogens is 372 g/mol. The van der Waals surface area contributed by atoms with E-state index in [1.54, 1.807) is 6.07 Å². The minimum atomic E-state index is -3.56. The molecule has 0 bridgehead atoms. The number of halogens is 1. The molecule has 1 aromatic carbocycles. The second kappa shape index (κ2) is 7.16. The highest BCUT2D eigenvalue weighted by molar-refractivity contribution is 9.10. The van der Waals surface area contributed by atoms with Crippen LogP contribution in [0, 0.1) is 0 Å². The van der Waals surface area contributed by atoms with Crippen LogP contribution < -0.4 is 14.8 Å². The predicted molar refractivity (Wildman–Crippen MR) is 88.1 cm³/mol. The number of piperidine rings is 1. The average molecular weight is 393 g/mol. The van der Waals surface area contributed by atoms with Crippen LogP contribution in [-0.2, 0) is 10.0 Å². The summed E-state index contributed by atoms with van der Waals surface area (Å²) in [4.78, 5) is 0.202. The second-order valence-corrected chi connectivity index (χ2v) is 7.87. The van der Waals surface area contributed by atoms with Crippen molar-refractivity contribution in [2.45, 2.75) is 23.8 Å². The van der Waals surface area contributed by atoms with Crippen LogP contribution in [-0.4, -0.2) is 53.1 Å². The summed E-state index contributed by atoms with van der Waals surface area (Å²) >= 11 is 3.33. The van der Waals surface area contributed by atoms with Crippen molar-refractivity contribution in [3.8, 4) is 11.5 Å². The number of hydrogen-bond donors (Lipinski definition) is 1. The Labute approximate surface area is 140 Å². The van der Waals surface area contributed by atoms with Gasteiger partial charge in [0.1, 0.15) is 4.90 Å². The van der Waals surface area contributed by atoms with Gasteiger partial charge in [0.15, 0.2) is 11.5 Å². The minimum absolute atomic E-state index is 0.202. The number of ether oxygens (including phenoxy) is 2. The van der Waals surface area contributed by atoms with E-state index >= 15 is 0 Å². The van der Waals surface area contributed by atoms with Crippen LogP contribution in [0.5, 0.6) is 11.5 Å². The molecule has 1 aliphatic heterocycles. The number of methoxy groups -OCH3 is 2. The van der Waals surface area contributed by atoms with Crippen molar-refractivity contribution in [2.75, 3.05) is 34.4 Å². The fourth-order valence-electron chi connectivity index (χ4n) is 2.56. The summed E-state index contributed by atoms with van der Waals surface area (Å²) in [6, 6.07) is 3.49. The van der Waals surface area contributed by atoms with E-state index in [1.807, 2.05) is 7.05 Å². The first kappa shape index (κ1) is 17.5. The van der Waals surface area contributed by atoms with Gasteiger partial charge in [-0.1, -0.05) is 0 Å². The van der Waals surface area contributed by atoms with Gasteiger partial charge in [-0.15, -0.1) is 0 Å². The average Bonchev–Trinajstić information content (AvgIpc) is 2.54. The molecule has 1 aromatic rings. The lowest BCUT2D eigenvalue weighted by molar-refractivity contribution is 0.298. The molecule has 1 saturated heterocycles. The minimum Gasteiger partial charge on any atom is -0.493 e. The lowest BCUT2D eigenvalue weighted by atomic mass is 10.1. The molecule has 8 heteroatoms. The molecule has 1 heterocycles. The molecule has 0 radical (unpaired) electrons. The second-order valence-electron chi connectivity index (χ2n) is 5.10. The van der Waals surface area contributed by atoms with E-state index in [9.17, 15) is 8.42 Å². The van der Waals surface area contributed by atoms with Gasteiger partial charge in [0, 0.05) is 29.7 Å². The van der Waals surface area contributed by atoms with Crippen LogP contribution >= 0.6 is 15.9 Å². The number of nitrogens with one attached hydrogen (secondary N) is 1. The maximum atomic E-state index is 12.8. The Morgan fingerprint density at radius 1 is 1.18 bits per heavy atom. The van der Waals surface area contributed by atoms with E-state index in [0.717, 1.165) is 12.8 Å². The van der Waals surface area contributed by atoms with Crippen molar-refractivity contribution in [2.24, 2.45) is 0 Å². The maximum absolute atomic E-state index is 12.8. The Morgan fingerprint density at radius 2 is 1.73 bits per heavy atom. The van der Waals surface area contributed by atoms with E-state index in [-0.39, 0.29) is 4.90 Å². The molecule has 22 heavy (non-hydrogen) atoms. The Kier molecular flexibility index (Phi) is 5.70. The number of sulfonamides is 1. The molecule has 0 unspecified atom stereocenters. The van der Waals surface area contributed by atoms with Crippen molar-refractivity contribution in [3.63, 3.8) is 0 Å². The van der Waals surface area contributed by atoms with Crippen molar-refractivity contribution >= 4 is 26.0 Å². The quantitative estimate of drug-likeness (QED) is 0.827. The molecule has 0 atom stereocenters. The Hall–Kier alpha value is -0.830. The third kappa shape index (κ3) is 3.40. The first-order chi connectivity index (χ1) is 10.4. The van der Waals surface area contributed by atoms with Crippen LogP contribution in [0.25, 0.3) is 0 Å². The maximum Gasteiger partial charge on any atom is 0.244 e. The zero-order valence-corrected chi connectivity index (χ0v) is 15.3. The summed E-state index contributed by atoms with van der Waals surface area (Å²) in [6.07, 6.45) is 1.61. The Bertz CT molecular complexity index is 628. The van der Waals surface area contributed by atoms with Gasteiger partial charge in [-0.05, 0) is 41.9 Å². The van der Waals surface area contributed by atoms with E-state index in [2.05, 4.69) is 21.2 Å². The van der Waals surface area contributed by atoms with Gasteiger partial charge in [0.2, 0.25) is 10.0 Å². The summed E-state index contributed by atoms with van der Waals surface area (Å²) in [5.41, 5.74) is 0. The van der Waals surface area contributed by atoms with Gasteiger partial charge < -0.3 is 14.8 Å². The van der Waals surface area contributed by atoms with Gasteiger partial charge >= 0.3 is 0 Å². The summed E-state index contributed by atoms with van der Waals surface area (Å²) in [5, 5.41) is 3.19. The summed E-state index contributed by atoms with van der Waals surface area (Å²) < 4.78 is 38.1. The first-order valence-corrected chi connectivity index (χ1v) is 9.26. The van der Waals surface area contributed by atoms with Gasteiger partial charge in [-0.25, -0.2) is 8.42 Å². The fraction of sp³-hybridized carbons (Fsp3) is 0.571. The summed E-state index contributed by atoms with van der Waals surface area (Å²) in [5.74, 6) is 0.886. The van der Waals surface area contributed by atoms with E-state index in [0.29, 0.717) is 35.1 Å². The van der Waals surface area contributed by atoms with Gasteiger partial charge in [-0.3, -0.25) is 0 Å². The fourth-order valence-corrected chi connectivity index (χ4v) is 5.02. The zero-order valence-electron chi connectivity index (χ0n) is 12.9. The van der Waals surface area contributed by atoms with E-state index < -0.39 is 10.0 Å². The lowest BCUT2D eigenvalue weighted by Crippen LogP contribution is -2.43. The highest BCUT2D eigenvalue weighted by atomic mass is 79.9. The van der Waals surface area contributed by atoms with Crippen molar-refractivity contribution in [1.82, 2.24) is 9.62 Å². The first-order valence-electron chi connectivity index (χ1n) is 7.03. The van der Waals surface area contributed by atoms with Gasteiger partial charge in [0.25, 0.3) is 0 Å². The van der Waals surface area contributed by atoms with Crippen molar-refractivity contribution in [3.05, 3.63) is 16.6 Å². The standard InChI is InChI=1S/C14H21BrN2O4S/c1-16-10-4-6-17(7-5-10)22(18,19)14-9-13(21-3)12(20-2)8-11(14)15/h8-10,16H,4-7H2,1-3H3. The monoisotopic (exact) mass is 392 g/mol. The van der Waals surface area contributed by atoms with Crippen LogP contribution in [0.3, 0.4) is 0 Å². The predicted octanol–water partition coefficient (Wildman–Crippen LogP) is 1.84. The smallest absolute Gasteiger partial charge is 0.244 e. The molecule has 0 spiro atoms. The molecular formula is C14H21BrN2O4S. The largest absolute Gasteiger partial charge is 0.493 e. The van der Waals surface area contributed by atoms with Crippen LogP contribution in [0.1, 0.15) is 12.8 Å². The molecule has 0 aromatic heterocycles.